The molecule has 1 amide bonds. The predicted octanol–water partition coefficient (Wildman–Crippen LogP) is 5.85. The number of halogens is 2. The Morgan fingerprint density at radius 1 is 1.13 bits per heavy atom. The van der Waals surface area contributed by atoms with Gasteiger partial charge in [-0.05, 0) is 67.0 Å². The molecule has 1 aliphatic carbocycles. The van der Waals surface area contributed by atoms with Gasteiger partial charge in [0.15, 0.2) is 0 Å². The Kier molecular flexibility index (Phi) is 6.24. The van der Waals surface area contributed by atoms with Crippen LogP contribution in [0.1, 0.15) is 49.1 Å². The average Bonchev–Trinajstić information content (AvgIpc) is 3.56. The van der Waals surface area contributed by atoms with Gasteiger partial charge in [-0.1, -0.05) is 53.5 Å². The average molecular weight is 444 g/mol. The maximum atomic E-state index is 12.8. The molecule has 158 valence electrons. The van der Waals surface area contributed by atoms with Crippen LogP contribution in [0.15, 0.2) is 61.2 Å². The van der Waals surface area contributed by atoms with E-state index in [1.807, 2.05) is 42.5 Å². The molecule has 0 radical (unpaired) electrons. The van der Waals surface area contributed by atoms with Gasteiger partial charge in [0.2, 0.25) is 5.91 Å². The molecule has 1 aliphatic heterocycles. The summed E-state index contributed by atoms with van der Waals surface area (Å²) >= 11 is 12.3. The van der Waals surface area contributed by atoms with Gasteiger partial charge in [0.1, 0.15) is 0 Å². The third kappa shape index (κ3) is 4.44. The molecule has 3 nitrogen and oxygen atoms in total. The monoisotopic (exact) mass is 443 g/mol. The van der Waals surface area contributed by atoms with E-state index in [2.05, 4.69) is 18.0 Å². The quantitative estimate of drug-likeness (QED) is 0.527. The van der Waals surface area contributed by atoms with Gasteiger partial charge in [0.05, 0.1) is 5.60 Å². The lowest BCUT2D eigenvalue weighted by atomic mass is 9.72. The molecule has 2 aliphatic rings. The number of hydrogen-bond donors (Lipinski definition) is 2. The third-order valence-electron chi connectivity index (χ3n) is 6.58. The zero-order valence-electron chi connectivity index (χ0n) is 16.9. The lowest BCUT2D eigenvalue weighted by Gasteiger charge is -2.41. The molecule has 30 heavy (non-hydrogen) atoms. The number of rotatable bonds is 7. The highest BCUT2D eigenvalue weighted by molar-refractivity contribution is 6.30. The highest BCUT2D eigenvalue weighted by Crippen LogP contribution is 2.50. The molecule has 1 heterocycles. The maximum absolute atomic E-state index is 12.8. The molecule has 5 heteroatoms. The van der Waals surface area contributed by atoms with Crippen molar-refractivity contribution in [3.8, 4) is 0 Å². The number of aliphatic hydroxyl groups is 1. The van der Waals surface area contributed by atoms with Gasteiger partial charge in [0.25, 0.3) is 0 Å². The Morgan fingerprint density at radius 3 is 2.50 bits per heavy atom. The number of carbonyl (C=O) groups excluding carboxylic acids is 1. The van der Waals surface area contributed by atoms with Gasteiger partial charge in [-0.3, -0.25) is 4.79 Å². The molecular formula is C25H27Cl2NO2. The Morgan fingerprint density at radius 2 is 1.87 bits per heavy atom. The Balaban J connectivity index is 1.67. The minimum absolute atomic E-state index is 0.0347. The minimum Gasteiger partial charge on any atom is -0.385 e. The molecule has 1 saturated carbocycles. The number of hydrogen-bond acceptors (Lipinski definition) is 2. The first kappa shape index (κ1) is 21.4. The van der Waals surface area contributed by atoms with Crippen LogP contribution in [0.3, 0.4) is 0 Å². The van der Waals surface area contributed by atoms with Crippen LogP contribution in [0, 0.1) is 11.8 Å². The van der Waals surface area contributed by atoms with Crippen molar-refractivity contribution in [3.05, 3.63) is 82.4 Å². The summed E-state index contributed by atoms with van der Waals surface area (Å²) in [5, 5.41) is 16.4. The van der Waals surface area contributed by atoms with Gasteiger partial charge in [-0.15, -0.1) is 6.58 Å². The fourth-order valence-corrected chi connectivity index (χ4v) is 5.16. The van der Waals surface area contributed by atoms with Crippen LogP contribution in [-0.2, 0) is 10.4 Å². The van der Waals surface area contributed by atoms with E-state index in [1.165, 1.54) is 0 Å². The van der Waals surface area contributed by atoms with Gasteiger partial charge in [0, 0.05) is 34.3 Å². The van der Waals surface area contributed by atoms with Gasteiger partial charge < -0.3 is 10.4 Å². The summed E-state index contributed by atoms with van der Waals surface area (Å²) in [5.74, 6) is 0.185. The van der Waals surface area contributed by atoms with Crippen LogP contribution in [0.2, 0.25) is 10.0 Å². The number of benzene rings is 2. The number of nitrogens with one attached hydrogen (secondary N) is 1. The molecule has 2 N–H and O–H groups in total. The number of carbonyl (C=O) groups is 1. The molecule has 4 atom stereocenters. The largest absolute Gasteiger partial charge is 0.385 e. The zero-order valence-corrected chi connectivity index (χ0v) is 18.4. The Hall–Kier alpha value is -1.81. The standard InChI is InChI=1S/C25H27Cl2NO2/c1-2-4-17-14-22(16-5-3-6-21(27)13-16)23(28-24(17)29)15-25(30,18-7-8-18)19-9-11-20(26)12-10-19/h2-3,5-6,9-13,17-18,22-23,30H,1,4,7-8,14-15H2,(H,28,29)/t17-,22+,23-,25-/m0/s1. The minimum atomic E-state index is -0.995. The van der Waals surface area contributed by atoms with Crippen LogP contribution < -0.4 is 5.32 Å². The van der Waals surface area contributed by atoms with Gasteiger partial charge in [-0.2, -0.15) is 0 Å². The maximum Gasteiger partial charge on any atom is 0.223 e. The molecular weight excluding hydrogens is 417 g/mol. The second-order valence-corrected chi connectivity index (χ2v) is 9.52. The van der Waals surface area contributed by atoms with Crippen molar-refractivity contribution in [2.45, 2.75) is 49.7 Å². The fraction of sp³-hybridized carbons (Fsp3) is 0.400. The van der Waals surface area contributed by atoms with Crippen LogP contribution in [0.5, 0.6) is 0 Å². The second-order valence-electron chi connectivity index (χ2n) is 8.64. The molecule has 0 aromatic heterocycles. The summed E-state index contributed by atoms with van der Waals surface area (Å²) in [6.45, 7) is 3.81. The topological polar surface area (TPSA) is 49.3 Å². The number of amides is 1. The molecule has 2 aromatic rings. The van der Waals surface area contributed by atoms with E-state index in [9.17, 15) is 9.90 Å². The highest BCUT2D eigenvalue weighted by atomic mass is 35.5. The molecule has 2 aromatic carbocycles. The highest BCUT2D eigenvalue weighted by Gasteiger charge is 2.49. The van der Waals surface area contributed by atoms with E-state index in [-0.39, 0.29) is 29.7 Å². The molecule has 0 spiro atoms. The molecule has 0 unspecified atom stereocenters. The van der Waals surface area contributed by atoms with Crippen LogP contribution >= 0.6 is 23.2 Å². The van der Waals surface area contributed by atoms with E-state index in [0.717, 1.165) is 24.0 Å². The Bertz CT molecular complexity index is 925. The second kappa shape index (κ2) is 8.74. The lowest BCUT2D eigenvalue weighted by Crippen LogP contribution is -2.51. The summed E-state index contributed by atoms with van der Waals surface area (Å²) in [4.78, 5) is 12.8. The molecule has 4 rings (SSSR count). The summed E-state index contributed by atoms with van der Waals surface area (Å²) < 4.78 is 0. The van der Waals surface area contributed by atoms with E-state index in [4.69, 9.17) is 23.2 Å². The van der Waals surface area contributed by atoms with Crippen LogP contribution in [-0.4, -0.2) is 17.1 Å². The van der Waals surface area contributed by atoms with Crippen molar-refractivity contribution >= 4 is 29.1 Å². The SMILES string of the molecule is C=CC[C@H]1C[C@H](c2cccc(Cl)c2)[C@H](C[C@@](O)(c2ccc(Cl)cc2)C2CC2)NC1=O. The van der Waals surface area contributed by atoms with E-state index in [0.29, 0.717) is 29.3 Å². The normalized spacial score (nSPS) is 26.0. The van der Waals surface area contributed by atoms with Crippen molar-refractivity contribution in [3.63, 3.8) is 0 Å². The first-order valence-corrected chi connectivity index (χ1v) is 11.3. The van der Waals surface area contributed by atoms with E-state index >= 15 is 0 Å². The van der Waals surface area contributed by atoms with Crippen LogP contribution in [0.25, 0.3) is 0 Å². The van der Waals surface area contributed by atoms with E-state index < -0.39 is 5.60 Å². The van der Waals surface area contributed by atoms with Crippen molar-refractivity contribution in [2.24, 2.45) is 11.8 Å². The fourth-order valence-electron chi connectivity index (χ4n) is 4.84. The van der Waals surface area contributed by atoms with Crippen LogP contribution in [0.4, 0.5) is 0 Å². The lowest BCUT2D eigenvalue weighted by molar-refractivity contribution is -0.129. The summed E-state index contributed by atoms with van der Waals surface area (Å²) in [7, 11) is 0. The van der Waals surface area contributed by atoms with E-state index in [1.54, 1.807) is 6.08 Å². The predicted molar refractivity (Wildman–Crippen MR) is 122 cm³/mol. The summed E-state index contributed by atoms with van der Waals surface area (Å²) in [6, 6.07) is 15.1. The van der Waals surface area contributed by atoms with Gasteiger partial charge >= 0.3 is 0 Å². The molecule has 2 fully saturated rings. The zero-order chi connectivity index (χ0) is 21.3. The summed E-state index contributed by atoms with van der Waals surface area (Å²) in [6.07, 6.45) is 5.59. The third-order valence-corrected chi connectivity index (χ3v) is 7.07. The summed E-state index contributed by atoms with van der Waals surface area (Å²) in [5.41, 5.74) is 0.961. The van der Waals surface area contributed by atoms with Crippen molar-refractivity contribution in [2.75, 3.05) is 0 Å². The number of piperidine rings is 1. The van der Waals surface area contributed by atoms with Crippen molar-refractivity contribution in [1.82, 2.24) is 5.32 Å². The smallest absolute Gasteiger partial charge is 0.223 e. The van der Waals surface area contributed by atoms with Crippen molar-refractivity contribution in [1.29, 1.82) is 0 Å². The van der Waals surface area contributed by atoms with Crippen molar-refractivity contribution < 1.29 is 9.90 Å². The first-order valence-electron chi connectivity index (χ1n) is 10.6. The molecule has 0 bridgehead atoms. The Labute approximate surface area is 188 Å². The molecule has 1 saturated heterocycles. The number of allylic oxidation sites excluding steroid dienone is 1. The van der Waals surface area contributed by atoms with Gasteiger partial charge in [-0.25, -0.2) is 0 Å². The first-order chi connectivity index (χ1) is 14.4.